The number of amides is 2. The highest BCUT2D eigenvalue weighted by Gasteiger charge is 2.37. The van der Waals surface area contributed by atoms with Gasteiger partial charge in [0.1, 0.15) is 18.7 Å². The Morgan fingerprint density at radius 2 is 1.24 bits per heavy atom. The van der Waals surface area contributed by atoms with Gasteiger partial charge in [0, 0.05) is 20.0 Å². The summed E-state index contributed by atoms with van der Waals surface area (Å²) in [6.07, 6.45) is -1.58. The number of ether oxygens (including phenoxy) is 3. The molecular formula is C38H55N3O8. The van der Waals surface area contributed by atoms with Gasteiger partial charge in [-0.15, -0.1) is 0 Å². The molecule has 0 aliphatic carbocycles. The molecule has 0 spiro atoms. The maximum absolute atomic E-state index is 14.1. The molecule has 270 valence electrons. The number of nitrogens with zero attached hydrogens (tertiary/aromatic N) is 1. The largest absolute Gasteiger partial charge is 0.459 e. The fraction of sp³-hybridized carbons (Fsp3) is 0.553. The molecule has 3 N–H and O–H groups in total. The van der Waals surface area contributed by atoms with Crippen LogP contribution < -0.4 is 11.1 Å². The fourth-order valence-electron chi connectivity index (χ4n) is 5.19. The van der Waals surface area contributed by atoms with Gasteiger partial charge in [0.25, 0.3) is 11.8 Å². The number of hydrogen-bond acceptors (Lipinski definition) is 9. The number of esters is 3. The number of rotatable bonds is 20. The van der Waals surface area contributed by atoms with Gasteiger partial charge in [-0.25, -0.2) is 9.59 Å². The summed E-state index contributed by atoms with van der Waals surface area (Å²) in [5, 5.41) is 2.71. The molecule has 0 saturated carbocycles. The lowest BCUT2D eigenvalue weighted by Crippen LogP contribution is -2.52. The van der Waals surface area contributed by atoms with Gasteiger partial charge in [-0.2, -0.15) is 0 Å². The Balaban J connectivity index is 2.32. The molecule has 2 aromatic rings. The zero-order chi connectivity index (χ0) is 36.5. The Labute approximate surface area is 291 Å². The second-order valence-electron chi connectivity index (χ2n) is 13.6. The Kier molecular flexibility index (Phi) is 17.5. The van der Waals surface area contributed by atoms with Crippen LogP contribution in [0.15, 0.2) is 60.7 Å². The van der Waals surface area contributed by atoms with Crippen molar-refractivity contribution < 1.29 is 38.2 Å². The van der Waals surface area contributed by atoms with Crippen molar-refractivity contribution in [1.29, 1.82) is 0 Å². The molecule has 49 heavy (non-hydrogen) atoms. The molecule has 0 aliphatic rings. The van der Waals surface area contributed by atoms with Crippen molar-refractivity contribution in [3.63, 3.8) is 0 Å². The monoisotopic (exact) mass is 681 g/mol. The van der Waals surface area contributed by atoms with Gasteiger partial charge < -0.3 is 30.2 Å². The van der Waals surface area contributed by atoms with Crippen molar-refractivity contribution in [1.82, 2.24) is 10.2 Å². The smallest absolute Gasteiger partial charge is 0.329 e. The van der Waals surface area contributed by atoms with Gasteiger partial charge in [0.05, 0.1) is 6.42 Å². The summed E-state index contributed by atoms with van der Waals surface area (Å²) >= 11 is 0. The first-order valence-corrected chi connectivity index (χ1v) is 17.1. The molecule has 11 heteroatoms. The Bertz CT molecular complexity index is 1330. The van der Waals surface area contributed by atoms with Crippen LogP contribution in [0.5, 0.6) is 0 Å². The molecule has 0 bridgehead atoms. The molecule has 0 saturated heterocycles. The first-order valence-electron chi connectivity index (χ1n) is 17.1. The molecule has 0 fully saturated rings. The van der Waals surface area contributed by atoms with Crippen molar-refractivity contribution in [2.24, 2.45) is 23.5 Å². The second-order valence-corrected chi connectivity index (χ2v) is 13.6. The molecule has 2 rings (SSSR count). The maximum atomic E-state index is 14.1. The minimum atomic E-state index is -1.24. The summed E-state index contributed by atoms with van der Waals surface area (Å²) in [5.74, 6) is -3.26. The van der Waals surface area contributed by atoms with Crippen molar-refractivity contribution >= 4 is 29.7 Å². The van der Waals surface area contributed by atoms with Crippen LogP contribution in [-0.4, -0.2) is 72.5 Å². The van der Waals surface area contributed by atoms with E-state index in [1.807, 2.05) is 102 Å². The van der Waals surface area contributed by atoms with E-state index in [1.165, 1.54) is 11.9 Å². The zero-order valence-electron chi connectivity index (χ0n) is 30.1. The van der Waals surface area contributed by atoms with E-state index in [9.17, 15) is 24.0 Å². The predicted octanol–water partition coefficient (Wildman–Crippen LogP) is 4.60. The number of nitrogens with one attached hydrogen (secondary N) is 1. The number of hydrogen-bond donors (Lipinski definition) is 2. The highest BCUT2D eigenvalue weighted by Crippen LogP contribution is 2.19. The Morgan fingerprint density at radius 3 is 1.78 bits per heavy atom. The van der Waals surface area contributed by atoms with E-state index < -0.39 is 54.0 Å². The number of carbonyl (C=O) groups is 5. The third-order valence-electron chi connectivity index (χ3n) is 7.71. The lowest BCUT2D eigenvalue weighted by atomic mass is 10.0. The van der Waals surface area contributed by atoms with Crippen molar-refractivity contribution in [3.05, 3.63) is 71.8 Å². The van der Waals surface area contributed by atoms with Crippen molar-refractivity contribution in [2.75, 3.05) is 13.6 Å². The minimum absolute atomic E-state index is 0.0173. The topological polar surface area (TPSA) is 154 Å². The average Bonchev–Trinajstić information content (AvgIpc) is 3.05. The number of benzene rings is 2. The first-order chi connectivity index (χ1) is 23.2. The van der Waals surface area contributed by atoms with Crippen LogP contribution in [-0.2, 0) is 51.2 Å². The number of carbonyl (C=O) groups excluding carboxylic acids is 5. The molecular weight excluding hydrogens is 626 g/mol. The van der Waals surface area contributed by atoms with Crippen LogP contribution in [0.25, 0.3) is 0 Å². The molecule has 2 amide bonds. The van der Waals surface area contributed by atoms with Gasteiger partial charge in [0.2, 0.25) is 0 Å². The van der Waals surface area contributed by atoms with E-state index in [2.05, 4.69) is 5.32 Å². The standard InChI is InChI=1S/C38H55N3O8/c1-25(2)20-30(40-35(43)32(21-26(3)4)48-34(42)18-19-39)37(45)49-33(22-27(5)6)36(44)41(7)31(23-28-14-10-8-11-15-28)38(46)47-24-29-16-12-9-13-17-29/h8-17,25-27,30-33H,18-24,39H2,1-7H3,(H,40,43)/t30-,31-,32+,33-/m0/s1. The van der Waals surface area contributed by atoms with Gasteiger partial charge in [-0.1, -0.05) is 102 Å². The van der Waals surface area contributed by atoms with E-state index >= 15 is 0 Å². The Hall–Kier alpha value is -4.25. The molecule has 0 radical (unpaired) electrons. The van der Waals surface area contributed by atoms with E-state index in [0.29, 0.717) is 0 Å². The predicted molar refractivity (Wildman–Crippen MR) is 187 cm³/mol. The Morgan fingerprint density at radius 1 is 0.714 bits per heavy atom. The van der Waals surface area contributed by atoms with E-state index in [-0.39, 0.29) is 63.0 Å². The highest BCUT2D eigenvalue weighted by atomic mass is 16.6. The highest BCUT2D eigenvalue weighted by molar-refractivity contribution is 5.91. The van der Waals surface area contributed by atoms with Gasteiger partial charge in [-0.05, 0) is 48.1 Å². The summed E-state index contributed by atoms with van der Waals surface area (Å²) in [7, 11) is 1.50. The number of nitrogens with two attached hydrogens (primary N) is 1. The van der Waals surface area contributed by atoms with Crippen LogP contribution in [0, 0.1) is 17.8 Å². The number of likely N-dealkylation sites (N-methyl/N-ethyl adjacent to an activating group) is 1. The molecule has 11 nitrogen and oxygen atoms in total. The van der Waals surface area contributed by atoms with Gasteiger partial charge in [-0.3, -0.25) is 14.4 Å². The van der Waals surface area contributed by atoms with Crippen molar-refractivity contribution in [3.8, 4) is 0 Å². The van der Waals surface area contributed by atoms with Crippen LogP contribution >= 0.6 is 0 Å². The minimum Gasteiger partial charge on any atom is -0.459 e. The van der Waals surface area contributed by atoms with Crippen molar-refractivity contribution in [2.45, 2.75) is 105 Å². The average molecular weight is 682 g/mol. The molecule has 0 aliphatic heterocycles. The molecule has 0 aromatic heterocycles. The lowest BCUT2D eigenvalue weighted by Gasteiger charge is -2.31. The molecule has 0 unspecified atom stereocenters. The lowest BCUT2D eigenvalue weighted by molar-refractivity contribution is -0.168. The SMILES string of the molecule is CC(C)C[C@H](NC(=O)[C@@H](CC(C)C)OC(=O)CCN)C(=O)O[C@@H](CC(C)C)C(=O)N(C)[C@@H](Cc1ccccc1)C(=O)OCc1ccccc1. The van der Waals surface area contributed by atoms with E-state index in [4.69, 9.17) is 19.9 Å². The van der Waals surface area contributed by atoms with E-state index in [1.54, 1.807) is 0 Å². The fourth-order valence-corrected chi connectivity index (χ4v) is 5.19. The van der Waals surface area contributed by atoms with Crippen LogP contribution in [0.1, 0.15) is 78.4 Å². The third-order valence-corrected chi connectivity index (χ3v) is 7.71. The maximum Gasteiger partial charge on any atom is 0.329 e. The summed E-state index contributed by atoms with van der Waals surface area (Å²) in [4.78, 5) is 68.2. The van der Waals surface area contributed by atoms with E-state index in [0.717, 1.165) is 11.1 Å². The van der Waals surface area contributed by atoms with Gasteiger partial charge in [0.15, 0.2) is 12.2 Å². The first kappa shape index (κ1) is 40.9. The summed E-state index contributed by atoms with van der Waals surface area (Å²) in [5.41, 5.74) is 7.10. The third kappa shape index (κ3) is 14.8. The van der Waals surface area contributed by atoms with Crippen LogP contribution in [0.4, 0.5) is 0 Å². The normalized spacial score (nSPS) is 13.7. The zero-order valence-corrected chi connectivity index (χ0v) is 30.1. The summed E-state index contributed by atoms with van der Waals surface area (Å²) < 4.78 is 17.0. The van der Waals surface area contributed by atoms with Gasteiger partial charge >= 0.3 is 17.9 Å². The molecule has 2 aromatic carbocycles. The summed E-state index contributed by atoms with van der Waals surface area (Å²) in [6, 6.07) is 16.4. The second kappa shape index (κ2) is 21.0. The van der Waals surface area contributed by atoms with Crippen LogP contribution in [0.2, 0.25) is 0 Å². The quantitative estimate of drug-likeness (QED) is 0.151. The molecule has 4 atom stereocenters. The van der Waals surface area contributed by atoms with Crippen LogP contribution in [0.3, 0.4) is 0 Å². The summed E-state index contributed by atoms with van der Waals surface area (Å²) in [6.45, 7) is 11.4. The molecule has 0 heterocycles.